The minimum atomic E-state index is -0.405. The van der Waals surface area contributed by atoms with Crippen LogP contribution in [0.15, 0.2) is 34.9 Å². The number of nitrogens with zero attached hydrogens (tertiary/aromatic N) is 2. The summed E-state index contributed by atoms with van der Waals surface area (Å²) in [5.74, 6) is 0.593. The van der Waals surface area contributed by atoms with Crippen LogP contribution in [0.2, 0.25) is 0 Å². The predicted molar refractivity (Wildman–Crippen MR) is 90.6 cm³/mol. The summed E-state index contributed by atoms with van der Waals surface area (Å²) in [6, 6.07) is 7.87. The van der Waals surface area contributed by atoms with Crippen LogP contribution in [0.5, 0.6) is 0 Å². The van der Waals surface area contributed by atoms with Crippen molar-refractivity contribution in [3.8, 4) is 11.5 Å². The lowest BCUT2D eigenvalue weighted by molar-refractivity contribution is 0.0843. The summed E-state index contributed by atoms with van der Waals surface area (Å²) < 4.78 is 5.51. The molecule has 0 radical (unpaired) electrons. The zero-order valence-electron chi connectivity index (χ0n) is 13.9. The fourth-order valence-electron chi connectivity index (χ4n) is 2.80. The first-order chi connectivity index (χ1) is 11.6. The van der Waals surface area contributed by atoms with Crippen LogP contribution in [0.4, 0.5) is 4.79 Å². The van der Waals surface area contributed by atoms with Gasteiger partial charge in [-0.2, -0.15) is 0 Å². The summed E-state index contributed by atoms with van der Waals surface area (Å²) in [6.07, 6.45) is 3.45. The molecule has 3 rings (SSSR count). The van der Waals surface area contributed by atoms with E-state index in [1.807, 2.05) is 31.2 Å². The highest BCUT2D eigenvalue weighted by Crippen LogP contribution is 2.19. The molecule has 1 unspecified atom stereocenters. The molecular formula is C18H23N3O3. The Balaban J connectivity index is 1.49. The van der Waals surface area contributed by atoms with Crippen molar-refractivity contribution in [3.63, 3.8) is 0 Å². The van der Waals surface area contributed by atoms with Gasteiger partial charge in [-0.1, -0.05) is 17.7 Å². The van der Waals surface area contributed by atoms with Gasteiger partial charge in [0.15, 0.2) is 0 Å². The van der Waals surface area contributed by atoms with Crippen molar-refractivity contribution in [2.24, 2.45) is 0 Å². The second kappa shape index (κ2) is 7.49. The molecule has 1 aliphatic rings. The normalized spacial score (nSPS) is 17.8. The number of carbonyl (C=O) groups is 1. The van der Waals surface area contributed by atoms with Crippen molar-refractivity contribution < 1.29 is 14.3 Å². The van der Waals surface area contributed by atoms with E-state index < -0.39 is 6.10 Å². The van der Waals surface area contributed by atoms with Crippen molar-refractivity contribution in [3.05, 3.63) is 41.8 Å². The molecule has 1 aromatic carbocycles. The molecule has 2 N–H and O–H groups in total. The highest BCUT2D eigenvalue weighted by atomic mass is 16.3. The fourth-order valence-corrected chi connectivity index (χ4v) is 2.80. The minimum Gasteiger partial charge on any atom is -0.444 e. The fraction of sp³-hybridized carbons (Fsp3) is 0.444. The molecule has 1 saturated heterocycles. The number of hydrogen-bond acceptors (Lipinski definition) is 4. The number of piperidine rings is 1. The van der Waals surface area contributed by atoms with Crippen molar-refractivity contribution in [1.82, 2.24) is 15.2 Å². The first-order valence-electron chi connectivity index (χ1n) is 8.34. The standard InChI is InChI=1S/C18H23N3O3/c1-13-4-6-14(7-5-13)17-20-15(12-24-17)8-9-19-18(23)21-10-2-3-16(22)11-21/h4-7,12,16,22H,2-3,8-11H2,1H3,(H,19,23). The van der Waals surface area contributed by atoms with Gasteiger partial charge in [0, 0.05) is 31.6 Å². The number of aromatic nitrogens is 1. The Kier molecular flexibility index (Phi) is 5.15. The smallest absolute Gasteiger partial charge is 0.317 e. The third-order valence-electron chi connectivity index (χ3n) is 4.19. The van der Waals surface area contributed by atoms with Gasteiger partial charge in [0.1, 0.15) is 6.26 Å². The Bertz CT molecular complexity index is 681. The number of nitrogens with one attached hydrogen (secondary N) is 1. The summed E-state index contributed by atoms with van der Waals surface area (Å²) in [5.41, 5.74) is 2.94. The first kappa shape index (κ1) is 16.5. The molecule has 0 aliphatic carbocycles. The molecule has 0 saturated carbocycles. The summed E-state index contributed by atoms with van der Waals surface area (Å²) >= 11 is 0. The zero-order chi connectivity index (χ0) is 16.9. The van der Waals surface area contributed by atoms with Crippen LogP contribution in [0.25, 0.3) is 11.5 Å². The van der Waals surface area contributed by atoms with Gasteiger partial charge in [-0.3, -0.25) is 0 Å². The van der Waals surface area contributed by atoms with E-state index in [4.69, 9.17) is 4.42 Å². The maximum Gasteiger partial charge on any atom is 0.317 e. The number of likely N-dealkylation sites (tertiary alicyclic amines) is 1. The monoisotopic (exact) mass is 329 g/mol. The van der Waals surface area contributed by atoms with E-state index in [9.17, 15) is 9.90 Å². The summed E-state index contributed by atoms with van der Waals surface area (Å²) in [4.78, 5) is 18.2. The van der Waals surface area contributed by atoms with Gasteiger partial charge in [0.2, 0.25) is 5.89 Å². The second-order valence-electron chi connectivity index (χ2n) is 6.23. The van der Waals surface area contributed by atoms with Gasteiger partial charge in [-0.25, -0.2) is 9.78 Å². The third-order valence-corrected chi connectivity index (χ3v) is 4.19. The lowest BCUT2D eigenvalue weighted by Gasteiger charge is -2.30. The van der Waals surface area contributed by atoms with E-state index in [1.165, 1.54) is 5.56 Å². The molecule has 24 heavy (non-hydrogen) atoms. The van der Waals surface area contributed by atoms with Gasteiger partial charge in [0.05, 0.1) is 11.8 Å². The van der Waals surface area contributed by atoms with Gasteiger partial charge < -0.3 is 19.7 Å². The Morgan fingerprint density at radius 1 is 1.42 bits per heavy atom. The Labute approximate surface area is 141 Å². The minimum absolute atomic E-state index is 0.129. The number of hydrogen-bond donors (Lipinski definition) is 2. The van der Waals surface area contributed by atoms with Crippen molar-refractivity contribution in [1.29, 1.82) is 0 Å². The van der Waals surface area contributed by atoms with E-state index in [0.717, 1.165) is 24.1 Å². The third kappa shape index (κ3) is 4.14. The van der Waals surface area contributed by atoms with Gasteiger partial charge in [-0.15, -0.1) is 0 Å². The van der Waals surface area contributed by atoms with Gasteiger partial charge >= 0.3 is 6.03 Å². The van der Waals surface area contributed by atoms with E-state index in [2.05, 4.69) is 10.3 Å². The quantitative estimate of drug-likeness (QED) is 0.902. The number of urea groups is 1. The van der Waals surface area contributed by atoms with Crippen LogP contribution in [-0.4, -0.2) is 46.8 Å². The molecule has 1 fully saturated rings. The van der Waals surface area contributed by atoms with E-state index in [-0.39, 0.29) is 6.03 Å². The maximum atomic E-state index is 12.1. The largest absolute Gasteiger partial charge is 0.444 e. The number of oxazole rings is 1. The summed E-state index contributed by atoms with van der Waals surface area (Å²) in [6.45, 7) is 3.64. The first-order valence-corrected chi connectivity index (χ1v) is 8.34. The van der Waals surface area contributed by atoms with Crippen LogP contribution in [0.1, 0.15) is 24.1 Å². The molecule has 6 heteroatoms. The predicted octanol–water partition coefficient (Wildman–Crippen LogP) is 2.36. The van der Waals surface area contributed by atoms with Crippen LogP contribution < -0.4 is 5.32 Å². The zero-order valence-corrected chi connectivity index (χ0v) is 13.9. The molecule has 2 aromatic rings. The summed E-state index contributed by atoms with van der Waals surface area (Å²) in [5, 5.41) is 12.5. The average molecular weight is 329 g/mol. The molecule has 0 bridgehead atoms. The van der Waals surface area contributed by atoms with Crippen LogP contribution in [0, 0.1) is 6.92 Å². The SMILES string of the molecule is Cc1ccc(-c2nc(CCNC(=O)N3CCCC(O)C3)co2)cc1. The Morgan fingerprint density at radius 3 is 2.96 bits per heavy atom. The number of aryl methyl sites for hydroxylation is 1. The molecule has 128 valence electrons. The lowest BCUT2D eigenvalue weighted by Crippen LogP contribution is -2.47. The van der Waals surface area contributed by atoms with E-state index >= 15 is 0 Å². The molecule has 1 atom stereocenters. The number of benzene rings is 1. The summed E-state index contributed by atoms with van der Waals surface area (Å²) in [7, 11) is 0. The maximum absolute atomic E-state index is 12.1. The van der Waals surface area contributed by atoms with Crippen molar-refractivity contribution >= 4 is 6.03 Å². The Morgan fingerprint density at radius 2 is 2.21 bits per heavy atom. The molecule has 1 aliphatic heterocycles. The number of aliphatic hydroxyl groups is 1. The van der Waals surface area contributed by atoms with E-state index in [1.54, 1.807) is 11.2 Å². The van der Waals surface area contributed by atoms with Crippen molar-refractivity contribution in [2.75, 3.05) is 19.6 Å². The molecule has 1 aromatic heterocycles. The van der Waals surface area contributed by atoms with Gasteiger partial charge in [-0.05, 0) is 31.9 Å². The lowest BCUT2D eigenvalue weighted by atomic mass is 10.1. The van der Waals surface area contributed by atoms with Gasteiger partial charge in [0.25, 0.3) is 0 Å². The number of rotatable bonds is 4. The second-order valence-corrected chi connectivity index (χ2v) is 6.23. The highest BCUT2D eigenvalue weighted by Gasteiger charge is 2.21. The molecule has 2 amide bonds. The topological polar surface area (TPSA) is 78.6 Å². The van der Waals surface area contributed by atoms with Crippen molar-refractivity contribution in [2.45, 2.75) is 32.3 Å². The molecule has 2 heterocycles. The van der Waals surface area contributed by atoms with Crippen LogP contribution in [0.3, 0.4) is 0 Å². The van der Waals surface area contributed by atoms with Crippen LogP contribution >= 0.6 is 0 Å². The average Bonchev–Trinajstić information content (AvgIpc) is 3.04. The number of β-amino-alcohol motifs (C(OH)–C–C–N with tert-alkyl or cyclic N) is 1. The van der Waals surface area contributed by atoms with E-state index in [0.29, 0.717) is 31.9 Å². The molecular weight excluding hydrogens is 306 g/mol. The Hall–Kier alpha value is -2.34. The highest BCUT2D eigenvalue weighted by molar-refractivity contribution is 5.74. The van der Waals surface area contributed by atoms with Crippen LogP contribution in [-0.2, 0) is 6.42 Å². The molecule has 6 nitrogen and oxygen atoms in total. The number of amides is 2. The molecule has 0 spiro atoms. The number of aliphatic hydroxyl groups excluding tert-OH is 1. The number of carbonyl (C=O) groups excluding carboxylic acids is 1.